The largest absolute Gasteiger partial charge is 0.496 e. The first-order valence-corrected chi connectivity index (χ1v) is 27.0. The highest BCUT2D eigenvalue weighted by Gasteiger charge is 2.39. The molecule has 0 N–H and O–H groups in total. The fraction of sp³-hybridized carbons (Fsp3) is 0.362. The quantitative estimate of drug-likeness (QED) is 0.128. The van der Waals surface area contributed by atoms with E-state index in [9.17, 15) is 0 Å². The fourth-order valence-corrected chi connectivity index (χ4v) is 12.4. The molecule has 13 rings (SSSR count). The average molecular weight is 974 g/mol. The van der Waals surface area contributed by atoms with Crippen molar-refractivity contribution in [2.24, 2.45) is 23.7 Å². The molecule has 4 nitrogen and oxygen atoms in total. The van der Waals surface area contributed by atoms with Crippen LogP contribution >= 0.6 is 0 Å². The molecule has 0 saturated heterocycles. The molecule has 73 heavy (non-hydrogen) atoms. The summed E-state index contributed by atoms with van der Waals surface area (Å²) >= 11 is 0. The smallest absolute Gasteiger partial charge is 0.121 e. The van der Waals surface area contributed by atoms with E-state index in [0.717, 1.165) is 40.8 Å². The highest BCUT2D eigenvalue weighted by molar-refractivity contribution is 6.10. The summed E-state index contributed by atoms with van der Waals surface area (Å²) in [4.78, 5) is 10.2. The molecule has 2 saturated carbocycles. The molecule has 1 aromatic heterocycles. The monoisotopic (exact) mass is 974 g/mol. The van der Waals surface area contributed by atoms with Crippen LogP contribution in [0, 0.1) is 65.2 Å². The zero-order chi connectivity index (χ0) is 52.2. The third-order valence-corrected chi connectivity index (χ3v) is 16.6. The van der Waals surface area contributed by atoms with Crippen molar-refractivity contribution in [2.45, 2.75) is 120 Å². The summed E-state index contributed by atoms with van der Waals surface area (Å²) in [6.45, 7) is 22.0. The average Bonchev–Trinajstić information content (AvgIpc) is 3.41. The topological polar surface area (TPSA) is 38.2 Å². The van der Waals surface area contributed by atoms with Crippen LogP contribution in [0.1, 0.15) is 137 Å². The number of allylic oxidation sites excluding steroid dienone is 2. The van der Waals surface area contributed by atoms with E-state index in [1.807, 2.05) is 45.0 Å². The van der Waals surface area contributed by atoms with E-state index in [4.69, 9.17) is 4.74 Å². The van der Waals surface area contributed by atoms with E-state index in [1.54, 1.807) is 43.5 Å². The molecule has 2 atom stereocenters. The summed E-state index contributed by atoms with van der Waals surface area (Å²) in [6, 6.07) is 51.5. The van der Waals surface area contributed by atoms with Crippen LogP contribution in [0.4, 0.5) is 5.69 Å². The van der Waals surface area contributed by atoms with Crippen LogP contribution in [0.25, 0.3) is 21.5 Å². The summed E-state index contributed by atoms with van der Waals surface area (Å²) < 4.78 is 5.04. The first-order valence-electron chi connectivity index (χ1n) is 27.0. The number of hydrogen-bond acceptors (Lipinski definition) is 4. The van der Waals surface area contributed by atoms with E-state index in [-0.39, 0.29) is 2.85 Å². The lowest BCUT2D eigenvalue weighted by atomic mass is 9.62. The summed E-state index contributed by atoms with van der Waals surface area (Å²) in [7, 11) is 5.80. The normalized spacial score (nSPS) is 19.7. The molecule has 5 aliphatic carbocycles. The minimum atomic E-state index is 0. The van der Waals surface area contributed by atoms with Crippen molar-refractivity contribution >= 4 is 27.2 Å². The Balaban J connectivity index is 0.000000170. The van der Waals surface area contributed by atoms with Gasteiger partial charge in [-0.05, 0) is 157 Å². The van der Waals surface area contributed by atoms with Gasteiger partial charge in [0.15, 0.2) is 0 Å². The van der Waals surface area contributed by atoms with Crippen molar-refractivity contribution in [2.75, 3.05) is 26.1 Å². The molecule has 0 spiro atoms. The van der Waals surface area contributed by atoms with E-state index in [1.165, 1.54) is 97.4 Å². The van der Waals surface area contributed by atoms with Gasteiger partial charge in [-0.3, -0.25) is 9.97 Å². The molecular weight excluding hydrogens is 887 g/mol. The highest BCUT2D eigenvalue weighted by Crippen LogP contribution is 2.55. The number of aryl methyl sites for hydroxylation is 6. The summed E-state index contributed by atoms with van der Waals surface area (Å²) in [5, 5.41) is 5.47. The van der Waals surface area contributed by atoms with Crippen molar-refractivity contribution in [3.63, 3.8) is 0 Å². The Kier molecular flexibility index (Phi) is 18.9. The van der Waals surface area contributed by atoms with E-state index < -0.39 is 0 Å². The summed E-state index contributed by atoms with van der Waals surface area (Å²) in [6.07, 6.45) is 12.5. The van der Waals surface area contributed by atoms with Gasteiger partial charge in [0.1, 0.15) is 5.75 Å². The van der Waals surface area contributed by atoms with Gasteiger partial charge in [-0.15, -0.1) is 0 Å². The number of para-hydroxylation sites is 2. The zero-order valence-corrected chi connectivity index (χ0v) is 46.5. The van der Waals surface area contributed by atoms with E-state index in [0.29, 0.717) is 11.8 Å². The second kappa shape index (κ2) is 25.4. The Hall–Kier alpha value is -6.52. The number of hydrogen-bond donors (Lipinski definition) is 0. The summed E-state index contributed by atoms with van der Waals surface area (Å²) in [5.74, 6) is 6.19. The Bertz CT molecular complexity index is 2920. The van der Waals surface area contributed by atoms with Crippen molar-refractivity contribution in [1.82, 2.24) is 9.97 Å². The predicted octanol–water partition coefficient (Wildman–Crippen LogP) is 18.7. The Morgan fingerprint density at radius 3 is 1.16 bits per heavy atom. The predicted molar refractivity (Wildman–Crippen MR) is 318 cm³/mol. The number of ether oxygens (including phenoxy) is 1. The summed E-state index contributed by atoms with van der Waals surface area (Å²) in [5.41, 5.74) is 17.8. The van der Waals surface area contributed by atoms with Crippen LogP contribution in [0.2, 0.25) is 0 Å². The lowest BCUT2D eigenvalue weighted by molar-refractivity contribution is 0.0652. The number of benzene rings is 7. The molecule has 8 aromatic rings. The first-order chi connectivity index (χ1) is 35.2. The van der Waals surface area contributed by atoms with Crippen molar-refractivity contribution in [3.05, 3.63) is 225 Å². The number of nitrogens with zero attached hydrogens (tertiary/aromatic N) is 3. The van der Waals surface area contributed by atoms with Crippen molar-refractivity contribution < 1.29 is 7.59 Å². The van der Waals surface area contributed by atoms with Gasteiger partial charge in [0.25, 0.3) is 0 Å². The lowest BCUT2D eigenvalue weighted by Gasteiger charge is -2.44. The maximum Gasteiger partial charge on any atom is 0.121 e. The maximum atomic E-state index is 5.04. The third kappa shape index (κ3) is 12.6. The third-order valence-electron chi connectivity index (χ3n) is 16.6. The zero-order valence-electron chi connectivity index (χ0n) is 46.5. The number of fused-ring (bicyclic) bond motifs is 4. The van der Waals surface area contributed by atoms with E-state index >= 15 is 0 Å². The van der Waals surface area contributed by atoms with Crippen LogP contribution in [0.3, 0.4) is 0 Å². The molecule has 384 valence electrons. The number of anilines is 1. The molecule has 2 fully saturated rings. The second-order valence-electron chi connectivity index (χ2n) is 21.4. The van der Waals surface area contributed by atoms with Crippen LogP contribution in [0.5, 0.6) is 5.75 Å². The molecule has 0 radical (unpaired) electrons. The number of rotatable bonds is 2. The van der Waals surface area contributed by atoms with Gasteiger partial charge in [0.2, 0.25) is 0 Å². The number of methoxy groups -OCH3 is 1. The van der Waals surface area contributed by atoms with Crippen LogP contribution in [-0.4, -0.2) is 31.2 Å². The van der Waals surface area contributed by atoms with Crippen LogP contribution in [0.15, 0.2) is 169 Å². The molecule has 4 heteroatoms. The fourth-order valence-electron chi connectivity index (χ4n) is 12.4. The second-order valence-corrected chi connectivity index (χ2v) is 21.4. The van der Waals surface area contributed by atoms with Crippen LogP contribution in [-0.2, 0) is 0 Å². The van der Waals surface area contributed by atoms with Crippen LogP contribution < -0.4 is 9.64 Å². The van der Waals surface area contributed by atoms with Gasteiger partial charge < -0.3 is 9.64 Å². The molecule has 0 amide bonds. The highest BCUT2D eigenvalue weighted by atomic mass is 16.5. The Labute approximate surface area is 443 Å². The van der Waals surface area contributed by atoms with Gasteiger partial charge in [0.05, 0.1) is 18.5 Å². The molecule has 7 aromatic carbocycles. The SMILES string of the molecule is CC1=C(C)C2c3ccccc3C1c1ccccc12.CC1CCCC2CCCC(C)C12.COc1ccccc1C.Cc1c(C)c2ccccc2c2ccccc12.Cc1ccccc1N(C)C.Cc1nccnc1C.[HH].[HH]. The van der Waals surface area contributed by atoms with Crippen molar-refractivity contribution in [1.29, 1.82) is 0 Å². The van der Waals surface area contributed by atoms with Gasteiger partial charge in [0, 0.05) is 46.9 Å². The minimum absolute atomic E-state index is 0. The minimum Gasteiger partial charge on any atom is -0.496 e. The first kappa shape index (κ1) is 54.3. The Morgan fingerprint density at radius 1 is 0.452 bits per heavy atom. The van der Waals surface area contributed by atoms with Gasteiger partial charge in [-0.2, -0.15) is 0 Å². The molecule has 0 aliphatic heterocycles. The maximum absolute atomic E-state index is 5.04. The lowest BCUT2D eigenvalue weighted by Crippen LogP contribution is -2.34. The molecular formula is C69H87N3O. The molecule has 5 aliphatic rings. The molecule has 2 unspecified atom stereocenters. The number of aromatic nitrogens is 2. The standard InChI is InChI=1S/C18H16.C16H14.C12H22.C9H13N.C8H10O.C6H8N2.2H2/c1-11-12(2)18-15-9-5-3-7-13(15)17(11)14-8-4-6-10-16(14)18;1-11-12(2)14-8-4-6-10-16(14)15-9-5-3-7-13(11)15;1-9-5-3-7-11-8-4-6-10(2)12(9)11;1-8-6-4-5-7-9(8)10(2)3;1-7-5-3-4-6-8(7)9-2;1-5-6(2)8-4-3-7-5;;/h3-10,17-18H,1-2H3;3-10H,1-2H3;9-12H,3-8H2,1-2H3;4-7H,1-3H3;3-6H,1-2H3;3-4H,1-2H3;2*1H. The molecule has 2 bridgehead atoms. The van der Waals surface area contributed by atoms with E-state index in [2.05, 4.69) is 199 Å². The van der Waals surface area contributed by atoms with Gasteiger partial charge >= 0.3 is 0 Å². The van der Waals surface area contributed by atoms with Crippen molar-refractivity contribution in [3.8, 4) is 5.75 Å². The molecule has 1 heterocycles. The Morgan fingerprint density at radius 2 is 0.822 bits per heavy atom. The van der Waals surface area contributed by atoms with Gasteiger partial charge in [-0.25, -0.2) is 0 Å². The van der Waals surface area contributed by atoms with Gasteiger partial charge in [-0.1, -0.05) is 197 Å².